The molecule has 0 N–H and O–H groups in total. The molecule has 0 heterocycles. The van der Waals surface area contributed by atoms with Gasteiger partial charge in [-0.15, -0.1) is 0 Å². The zero-order valence-corrected chi connectivity index (χ0v) is 16.9. The van der Waals surface area contributed by atoms with Crippen LogP contribution in [0.2, 0.25) is 0 Å². The zero-order valence-electron chi connectivity index (χ0n) is 14.4. The quantitative estimate of drug-likeness (QED) is 0.205. The van der Waals surface area contributed by atoms with E-state index < -0.39 is 19.5 Å². The third-order valence-corrected chi connectivity index (χ3v) is 4.10. The van der Waals surface area contributed by atoms with Crippen LogP contribution in [0.15, 0.2) is 91.0 Å². The van der Waals surface area contributed by atoms with Crippen molar-refractivity contribution in [2.45, 2.75) is 5.41 Å². The third kappa shape index (κ3) is 5.60. The van der Waals surface area contributed by atoms with Gasteiger partial charge in [-0.2, -0.15) is 0 Å². The van der Waals surface area contributed by atoms with E-state index in [1.165, 1.54) is 22.3 Å². The second-order valence-corrected chi connectivity index (χ2v) is 11.8. The molecule has 3 aromatic carbocycles. The summed E-state index contributed by atoms with van der Waals surface area (Å²) in [6.07, 6.45) is 3.65. The Morgan fingerprint density at radius 3 is 1.21 bits per heavy atom. The van der Waals surface area contributed by atoms with Crippen LogP contribution in [-0.4, -0.2) is 19.5 Å². The van der Waals surface area contributed by atoms with E-state index in [-0.39, 0.29) is 5.41 Å². The van der Waals surface area contributed by atoms with Gasteiger partial charge in [0.2, 0.25) is 11.0 Å². The first-order valence-corrected chi connectivity index (χ1v) is 14.0. The number of rotatable bonds is 3. The molecule has 1 aliphatic carbocycles. The summed E-state index contributed by atoms with van der Waals surface area (Å²) in [5.74, 6) is 0. The average molecular weight is 503 g/mol. The molecule has 0 aromatic heterocycles. The van der Waals surface area contributed by atoms with Crippen LogP contribution in [0.5, 0.6) is 0 Å². The Hall–Kier alpha value is -2.29. The Morgan fingerprint density at radius 1 is 0.536 bits per heavy atom. The summed E-state index contributed by atoms with van der Waals surface area (Å²) < 4.78 is 59.6. The van der Waals surface area contributed by atoms with E-state index in [1.54, 1.807) is 0 Å². The first kappa shape index (κ1) is 20.4. The fraction of sp³-hybridized carbons (Fsp3) is 0.0476. The van der Waals surface area contributed by atoms with Crippen molar-refractivity contribution in [3.8, 4) is 0 Å². The van der Waals surface area contributed by atoms with E-state index in [2.05, 4.69) is 97.1 Å². The summed E-state index contributed by atoms with van der Waals surface area (Å²) in [7, 11) is 0. The maximum atomic E-state index is 9.93. The molecule has 0 nitrogen and oxygen atoms in total. The van der Waals surface area contributed by atoms with Gasteiger partial charge in [-0.25, -0.2) is 0 Å². The summed E-state index contributed by atoms with van der Waals surface area (Å²) in [5.41, 5.74) is 4.93. The Morgan fingerprint density at radius 2 is 0.857 bits per heavy atom. The molecule has 0 aliphatic heterocycles. The molecule has 146 valence electrons. The van der Waals surface area contributed by atoms with Crippen molar-refractivity contribution < 1.29 is 16.9 Å². The Kier molecular flexibility index (Phi) is 4.65. The fourth-order valence-electron chi connectivity index (χ4n) is 3.03. The molecule has 0 saturated carbocycles. The Balaban J connectivity index is 0.000000279. The Labute approximate surface area is 161 Å². The molecule has 0 atom stereocenters. The van der Waals surface area contributed by atoms with Gasteiger partial charge in [0.25, 0.3) is 0 Å². The van der Waals surface area contributed by atoms with Crippen LogP contribution in [0.4, 0.5) is 16.9 Å². The zero-order chi connectivity index (χ0) is 20.5. The van der Waals surface area contributed by atoms with Crippen LogP contribution in [0, 0.1) is 6.08 Å². The van der Waals surface area contributed by atoms with Crippen LogP contribution in [0.1, 0.15) is 16.7 Å². The van der Waals surface area contributed by atoms with Crippen molar-refractivity contribution >= 4 is 25.0 Å². The molecule has 0 amide bonds. The van der Waals surface area contributed by atoms with Crippen molar-refractivity contribution in [2.24, 2.45) is 0 Å². The van der Waals surface area contributed by atoms with Gasteiger partial charge in [0.1, 0.15) is 5.56 Å². The van der Waals surface area contributed by atoms with Crippen molar-refractivity contribution in [1.29, 1.82) is 0 Å². The average Bonchev–Trinajstić information content (AvgIpc) is 3.38. The number of halogens is 6. The Bertz CT molecular complexity index is 928. The summed E-state index contributed by atoms with van der Waals surface area (Å²) in [4.78, 5) is 0. The van der Waals surface area contributed by atoms with E-state index in [0.717, 1.165) is 0 Å². The van der Waals surface area contributed by atoms with Crippen LogP contribution in [-0.2, 0) is 5.41 Å². The van der Waals surface area contributed by atoms with Crippen LogP contribution in [0.25, 0.3) is 5.57 Å². The van der Waals surface area contributed by atoms with E-state index in [9.17, 15) is 16.9 Å². The molecule has 0 radical (unpaired) electrons. The molecule has 0 spiro atoms. The number of hydrogen-bond donors (Lipinski definition) is 0. The van der Waals surface area contributed by atoms with E-state index >= 15 is 0 Å². The van der Waals surface area contributed by atoms with Gasteiger partial charge in [-0.1, -0.05) is 66.7 Å². The van der Waals surface area contributed by atoms with Gasteiger partial charge < -0.3 is 0 Å². The van der Waals surface area contributed by atoms with Gasteiger partial charge in [-0.05, 0) is 12.1 Å². The second-order valence-electron chi connectivity index (χ2n) is 6.31. The predicted molar refractivity (Wildman–Crippen MR) is 99.2 cm³/mol. The predicted octanol–water partition coefficient (Wildman–Crippen LogP) is 7.01. The summed E-state index contributed by atoms with van der Waals surface area (Å²) >= 11 is -11.2. The minimum atomic E-state index is -11.2. The maximum absolute atomic E-state index is 11.2. The minimum absolute atomic E-state index is 0.177. The fourth-order valence-corrected chi connectivity index (χ4v) is 3.03. The first-order chi connectivity index (χ1) is 12.9. The van der Waals surface area contributed by atoms with Gasteiger partial charge in [-0.3, -0.25) is 0 Å². The summed E-state index contributed by atoms with van der Waals surface area (Å²) in [5, 5.41) is 0. The molecule has 7 heteroatoms. The van der Waals surface area contributed by atoms with Crippen molar-refractivity contribution in [3.05, 3.63) is 114 Å². The molecular weight excluding hydrogens is 488 g/mol. The van der Waals surface area contributed by atoms with Gasteiger partial charge in [0.15, 0.2) is 0 Å². The van der Waals surface area contributed by atoms with Crippen molar-refractivity contribution in [1.82, 2.24) is 0 Å². The summed E-state index contributed by atoms with van der Waals surface area (Å²) in [6.45, 7) is 0. The molecule has 4 rings (SSSR count). The SMILES string of the molecule is [C+]1=C(c2ccccc2)C1(c1ccccc1)c1ccccc1.[F][Sb-]([F])([F])([F])([F])[F]. The number of benzene rings is 3. The molecule has 0 fully saturated rings. The van der Waals surface area contributed by atoms with Gasteiger partial charge >= 0.3 is 36.4 Å². The number of allylic oxidation sites excluding steroid dienone is 2. The van der Waals surface area contributed by atoms with Crippen LogP contribution < -0.4 is 0 Å². The third-order valence-electron chi connectivity index (χ3n) is 4.10. The summed E-state index contributed by atoms with van der Waals surface area (Å²) in [6, 6.07) is 31.8. The van der Waals surface area contributed by atoms with Gasteiger partial charge in [0.05, 0.1) is 6.08 Å². The van der Waals surface area contributed by atoms with Crippen molar-refractivity contribution in [2.75, 3.05) is 0 Å². The normalized spacial score (nSPS) is 17.0. The van der Waals surface area contributed by atoms with Gasteiger partial charge in [0, 0.05) is 23.3 Å². The molecular formula is C21H15F6Sb. The molecule has 0 saturated heterocycles. The molecule has 0 unspecified atom stereocenters. The van der Waals surface area contributed by atoms with E-state index in [4.69, 9.17) is 0 Å². The first-order valence-electron chi connectivity index (χ1n) is 8.25. The molecule has 1 aliphatic rings. The van der Waals surface area contributed by atoms with Crippen LogP contribution in [0.3, 0.4) is 0 Å². The monoisotopic (exact) mass is 502 g/mol. The molecule has 0 bridgehead atoms. The number of hydrogen-bond acceptors (Lipinski definition) is 0. The molecule has 28 heavy (non-hydrogen) atoms. The van der Waals surface area contributed by atoms with Crippen molar-refractivity contribution in [3.63, 3.8) is 0 Å². The van der Waals surface area contributed by atoms with E-state index in [0.29, 0.717) is 0 Å². The topological polar surface area (TPSA) is 0 Å². The van der Waals surface area contributed by atoms with E-state index in [1.807, 2.05) is 0 Å². The standard InChI is InChI=1S/C21H15.6FH.Sb/c1-4-10-17(11-5-1)20-16-21(20,18-12-6-2-7-13-18)19-14-8-3-9-15-19;;;;;;;/h1-15H;6*1H;/q+1;;;;;;;+5/p-6. The second kappa shape index (κ2) is 6.37. The van der Waals surface area contributed by atoms with Crippen LogP contribution >= 0.6 is 0 Å². The molecule has 3 aromatic rings.